The lowest BCUT2D eigenvalue weighted by Crippen LogP contribution is -2.42. The molecule has 3 unspecified atom stereocenters. The van der Waals surface area contributed by atoms with Crippen LogP contribution in [0.5, 0.6) is 0 Å². The van der Waals surface area contributed by atoms with E-state index in [0.29, 0.717) is 6.04 Å². The Morgan fingerprint density at radius 1 is 1.47 bits per heavy atom. The van der Waals surface area contributed by atoms with Crippen LogP contribution >= 0.6 is 0 Å². The van der Waals surface area contributed by atoms with Crippen LogP contribution in [0.1, 0.15) is 52.4 Å². The molecule has 1 aliphatic rings. The molecule has 0 aromatic carbocycles. The average molecular weight is 213 g/mol. The molecule has 1 rings (SSSR count). The van der Waals surface area contributed by atoms with Crippen LogP contribution in [-0.4, -0.2) is 23.2 Å². The van der Waals surface area contributed by atoms with E-state index < -0.39 is 5.97 Å². The molecule has 3 heteroatoms. The van der Waals surface area contributed by atoms with Crippen LogP contribution in [0.15, 0.2) is 0 Å². The van der Waals surface area contributed by atoms with E-state index in [1.807, 2.05) is 6.92 Å². The molecule has 0 radical (unpaired) electrons. The van der Waals surface area contributed by atoms with E-state index >= 15 is 0 Å². The SMILES string of the molecule is CCCC(NC1CCC(CC)C1)C(=O)O. The zero-order valence-corrected chi connectivity index (χ0v) is 9.83. The fourth-order valence-corrected chi connectivity index (χ4v) is 2.45. The van der Waals surface area contributed by atoms with Crippen LogP contribution in [0.2, 0.25) is 0 Å². The van der Waals surface area contributed by atoms with Crippen molar-refractivity contribution in [1.29, 1.82) is 0 Å². The van der Waals surface area contributed by atoms with Gasteiger partial charge >= 0.3 is 5.97 Å². The first-order valence-corrected chi connectivity index (χ1v) is 6.16. The van der Waals surface area contributed by atoms with Crippen LogP contribution < -0.4 is 5.32 Å². The highest BCUT2D eigenvalue weighted by Crippen LogP contribution is 2.28. The van der Waals surface area contributed by atoms with Crippen LogP contribution in [0.4, 0.5) is 0 Å². The van der Waals surface area contributed by atoms with Crippen molar-refractivity contribution in [3.8, 4) is 0 Å². The number of carboxylic acids is 1. The topological polar surface area (TPSA) is 49.3 Å². The molecule has 0 aromatic rings. The smallest absolute Gasteiger partial charge is 0.320 e. The van der Waals surface area contributed by atoms with E-state index in [2.05, 4.69) is 12.2 Å². The number of aliphatic carboxylic acids is 1. The van der Waals surface area contributed by atoms with Gasteiger partial charge < -0.3 is 10.4 Å². The standard InChI is InChI=1S/C12H23NO2/c1-3-5-11(12(14)15)13-10-7-6-9(4-2)8-10/h9-11,13H,3-8H2,1-2H3,(H,14,15). The maximum absolute atomic E-state index is 11.0. The summed E-state index contributed by atoms with van der Waals surface area (Å²) in [6.07, 6.45) is 6.45. The summed E-state index contributed by atoms with van der Waals surface area (Å²) in [6.45, 7) is 4.24. The average Bonchev–Trinajstić information content (AvgIpc) is 2.65. The van der Waals surface area contributed by atoms with E-state index in [-0.39, 0.29) is 6.04 Å². The van der Waals surface area contributed by atoms with Gasteiger partial charge in [-0.2, -0.15) is 0 Å². The van der Waals surface area contributed by atoms with E-state index in [1.54, 1.807) is 0 Å². The Hall–Kier alpha value is -0.570. The van der Waals surface area contributed by atoms with Crippen molar-refractivity contribution in [2.24, 2.45) is 5.92 Å². The molecule has 0 bridgehead atoms. The van der Waals surface area contributed by atoms with E-state index in [9.17, 15) is 4.79 Å². The summed E-state index contributed by atoms with van der Waals surface area (Å²) in [5.41, 5.74) is 0. The van der Waals surface area contributed by atoms with Crippen molar-refractivity contribution in [2.45, 2.75) is 64.5 Å². The molecule has 1 aliphatic carbocycles. The van der Waals surface area contributed by atoms with Gasteiger partial charge in [0.1, 0.15) is 6.04 Å². The molecule has 0 amide bonds. The highest BCUT2D eigenvalue weighted by atomic mass is 16.4. The first-order valence-electron chi connectivity index (χ1n) is 6.16. The van der Waals surface area contributed by atoms with Crippen molar-refractivity contribution in [3.63, 3.8) is 0 Å². The Balaban J connectivity index is 2.35. The van der Waals surface area contributed by atoms with Gasteiger partial charge in [-0.25, -0.2) is 0 Å². The van der Waals surface area contributed by atoms with Crippen molar-refractivity contribution in [3.05, 3.63) is 0 Å². The third kappa shape index (κ3) is 3.82. The molecule has 0 saturated heterocycles. The van der Waals surface area contributed by atoms with E-state index in [4.69, 9.17) is 5.11 Å². The van der Waals surface area contributed by atoms with Crippen LogP contribution in [0.3, 0.4) is 0 Å². The maximum atomic E-state index is 11.0. The largest absolute Gasteiger partial charge is 0.480 e. The summed E-state index contributed by atoms with van der Waals surface area (Å²) < 4.78 is 0. The highest BCUT2D eigenvalue weighted by Gasteiger charge is 2.27. The Kier molecular flexibility index (Phi) is 5.09. The molecule has 88 valence electrons. The molecule has 15 heavy (non-hydrogen) atoms. The molecule has 3 atom stereocenters. The highest BCUT2D eigenvalue weighted by molar-refractivity contribution is 5.73. The van der Waals surface area contributed by atoms with Crippen molar-refractivity contribution >= 4 is 5.97 Å². The molecule has 1 fully saturated rings. The normalized spacial score (nSPS) is 27.9. The Morgan fingerprint density at radius 2 is 2.20 bits per heavy atom. The number of nitrogens with one attached hydrogen (secondary N) is 1. The summed E-state index contributed by atoms with van der Waals surface area (Å²) >= 11 is 0. The first-order chi connectivity index (χ1) is 7.17. The van der Waals surface area contributed by atoms with Gasteiger partial charge in [0.2, 0.25) is 0 Å². The minimum Gasteiger partial charge on any atom is -0.480 e. The lowest BCUT2D eigenvalue weighted by atomic mass is 10.0. The summed E-state index contributed by atoms with van der Waals surface area (Å²) in [5, 5.41) is 12.3. The van der Waals surface area contributed by atoms with Gasteiger partial charge in [0.25, 0.3) is 0 Å². The lowest BCUT2D eigenvalue weighted by Gasteiger charge is -2.19. The number of carbonyl (C=O) groups is 1. The molecule has 0 spiro atoms. The number of rotatable bonds is 6. The molecular formula is C12H23NO2. The Morgan fingerprint density at radius 3 is 2.67 bits per heavy atom. The molecule has 0 aliphatic heterocycles. The van der Waals surface area contributed by atoms with Gasteiger partial charge in [-0.05, 0) is 31.6 Å². The number of hydrogen-bond acceptors (Lipinski definition) is 2. The summed E-state index contributed by atoms with van der Waals surface area (Å²) in [4.78, 5) is 11.0. The third-order valence-corrected chi connectivity index (χ3v) is 3.43. The molecule has 0 aromatic heterocycles. The maximum Gasteiger partial charge on any atom is 0.320 e. The predicted molar refractivity (Wildman–Crippen MR) is 60.9 cm³/mol. The second-order valence-electron chi connectivity index (χ2n) is 4.63. The molecule has 1 saturated carbocycles. The van der Waals surface area contributed by atoms with Gasteiger partial charge in [-0.3, -0.25) is 4.79 Å². The van der Waals surface area contributed by atoms with Gasteiger partial charge in [-0.15, -0.1) is 0 Å². The second kappa shape index (κ2) is 6.11. The second-order valence-corrected chi connectivity index (χ2v) is 4.63. The number of carboxylic acid groups (broad SMARTS) is 1. The molecule has 2 N–H and O–H groups in total. The van der Waals surface area contributed by atoms with Crippen molar-refractivity contribution in [2.75, 3.05) is 0 Å². The lowest BCUT2D eigenvalue weighted by molar-refractivity contribution is -0.139. The van der Waals surface area contributed by atoms with Crippen LogP contribution in [0, 0.1) is 5.92 Å². The summed E-state index contributed by atoms with van der Waals surface area (Å²) in [5.74, 6) is 0.107. The molecule has 3 nitrogen and oxygen atoms in total. The van der Waals surface area contributed by atoms with Gasteiger partial charge in [-0.1, -0.05) is 26.7 Å². The monoisotopic (exact) mass is 213 g/mol. The van der Waals surface area contributed by atoms with Gasteiger partial charge in [0.05, 0.1) is 0 Å². The fourth-order valence-electron chi connectivity index (χ4n) is 2.45. The van der Waals surface area contributed by atoms with Crippen molar-refractivity contribution < 1.29 is 9.90 Å². The first kappa shape index (κ1) is 12.5. The quantitative estimate of drug-likeness (QED) is 0.712. The van der Waals surface area contributed by atoms with Crippen molar-refractivity contribution in [1.82, 2.24) is 5.32 Å². The number of hydrogen-bond donors (Lipinski definition) is 2. The predicted octanol–water partition coefficient (Wildman–Crippen LogP) is 2.41. The molecule has 0 heterocycles. The zero-order valence-electron chi connectivity index (χ0n) is 9.83. The Labute approximate surface area is 92.3 Å². The zero-order chi connectivity index (χ0) is 11.3. The van der Waals surface area contributed by atoms with E-state index in [1.165, 1.54) is 12.8 Å². The van der Waals surface area contributed by atoms with Gasteiger partial charge in [0, 0.05) is 6.04 Å². The minimum atomic E-state index is -0.697. The Bertz CT molecular complexity index is 206. The van der Waals surface area contributed by atoms with Crippen LogP contribution in [0.25, 0.3) is 0 Å². The summed E-state index contributed by atoms with van der Waals surface area (Å²) in [7, 11) is 0. The minimum absolute atomic E-state index is 0.337. The fraction of sp³-hybridized carbons (Fsp3) is 0.917. The summed E-state index contributed by atoms with van der Waals surface area (Å²) in [6, 6.07) is 0.0956. The van der Waals surface area contributed by atoms with E-state index in [0.717, 1.165) is 31.6 Å². The van der Waals surface area contributed by atoms with Gasteiger partial charge in [0.15, 0.2) is 0 Å². The van der Waals surface area contributed by atoms with Crippen LogP contribution in [-0.2, 0) is 4.79 Å². The third-order valence-electron chi connectivity index (χ3n) is 3.43. The molecular weight excluding hydrogens is 190 g/mol.